The zero-order valence-electron chi connectivity index (χ0n) is 16.7. The molecule has 1 atom stereocenters. The van der Waals surface area contributed by atoms with E-state index in [0.717, 1.165) is 29.5 Å². The first-order valence-corrected chi connectivity index (χ1v) is 10.1. The van der Waals surface area contributed by atoms with Crippen molar-refractivity contribution in [3.8, 4) is 0 Å². The largest absolute Gasteiger partial charge is 0.392 e. The molecule has 31 heavy (non-hydrogen) atoms. The van der Waals surface area contributed by atoms with Crippen LogP contribution in [0.2, 0.25) is 0 Å². The molecule has 0 bridgehead atoms. The van der Waals surface area contributed by atoms with Gasteiger partial charge in [-0.1, -0.05) is 48.5 Å². The molecule has 1 heterocycles. The van der Waals surface area contributed by atoms with Gasteiger partial charge in [-0.15, -0.1) is 0 Å². The van der Waals surface area contributed by atoms with E-state index in [2.05, 4.69) is 10.3 Å². The lowest BCUT2D eigenvalue weighted by Gasteiger charge is -2.28. The quantitative estimate of drug-likeness (QED) is 0.469. The van der Waals surface area contributed by atoms with Gasteiger partial charge >= 0.3 is 5.69 Å². The Morgan fingerprint density at radius 1 is 1.03 bits per heavy atom. The second kappa shape index (κ2) is 8.43. The number of fused-ring (bicyclic) bond motifs is 1. The highest BCUT2D eigenvalue weighted by Gasteiger charge is 2.26. The molecule has 1 amide bonds. The molecule has 0 spiro atoms. The second-order valence-corrected chi connectivity index (χ2v) is 7.57. The number of benzene rings is 2. The maximum Gasteiger partial charge on any atom is 0.326 e. The van der Waals surface area contributed by atoms with Gasteiger partial charge in [0.15, 0.2) is 5.78 Å². The summed E-state index contributed by atoms with van der Waals surface area (Å²) in [5.74, 6) is -0.585. The van der Waals surface area contributed by atoms with Crippen LogP contribution in [-0.4, -0.2) is 21.7 Å². The molecule has 0 saturated heterocycles. The summed E-state index contributed by atoms with van der Waals surface area (Å²) in [5, 5.41) is 2.87. The number of nitrogen functional groups attached to an aromatic ring is 1. The maximum atomic E-state index is 12.7. The van der Waals surface area contributed by atoms with Crippen molar-refractivity contribution in [2.75, 3.05) is 5.73 Å². The zero-order chi connectivity index (χ0) is 22.0. The number of anilines is 1. The number of rotatable bonds is 5. The SMILES string of the molecule is Nc1c(C(=O)N[C@@H]2CCCc3c(CC(=O)c4ccccc4)cccc32)[nH]c(=O)[nH]c1=O. The standard InChI is InChI=1S/C23H22N4O4/c24-19-20(26-23(31)27-21(19)29)22(30)25-17-11-5-9-15-14(8-4-10-16(15)17)12-18(28)13-6-2-1-3-7-13/h1-4,6-8,10,17H,5,9,11-12,24H2,(H,25,30)(H2,26,27,29,31)/t17-/m1/s1. The van der Waals surface area contributed by atoms with Crippen molar-refractivity contribution in [3.63, 3.8) is 0 Å². The van der Waals surface area contributed by atoms with Crippen molar-refractivity contribution in [2.24, 2.45) is 0 Å². The first kappa shape index (κ1) is 20.3. The van der Waals surface area contributed by atoms with E-state index in [4.69, 9.17) is 5.73 Å². The number of carbonyl (C=O) groups excluding carboxylic acids is 2. The Morgan fingerprint density at radius 2 is 1.81 bits per heavy atom. The topological polar surface area (TPSA) is 138 Å². The van der Waals surface area contributed by atoms with E-state index in [1.54, 1.807) is 12.1 Å². The monoisotopic (exact) mass is 418 g/mol. The number of nitrogens with one attached hydrogen (secondary N) is 3. The normalized spacial score (nSPS) is 15.2. The number of amides is 1. The number of ketones is 1. The third-order valence-electron chi connectivity index (χ3n) is 5.56. The third kappa shape index (κ3) is 4.18. The Bertz CT molecular complexity index is 1260. The van der Waals surface area contributed by atoms with Crippen molar-refractivity contribution in [3.05, 3.63) is 97.3 Å². The van der Waals surface area contributed by atoms with Gasteiger partial charge < -0.3 is 16.0 Å². The molecule has 3 aromatic rings. The van der Waals surface area contributed by atoms with Crippen LogP contribution in [0.25, 0.3) is 0 Å². The highest BCUT2D eigenvalue weighted by atomic mass is 16.2. The molecule has 158 valence electrons. The number of carbonyl (C=O) groups is 2. The number of hydrogen-bond acceptors (Lipinski definition) is 5. The molecular formula is C23H22N4O4. The fourth-order valence-electron chi connectivity index (χ4n) is 4.04. The molecule has 4 rings (SSSR count). The van der Waals surface area contributed by atoms with E-state index in [1.807, 2.05) is 41.4 Å². The maximum absolute atomic E-state index is 12.7. The summed E-state index contributed by atoms with van der Waals surface area (Å²) in [6.45, 7) is 0. The Morgan fingerprint density at radius 3 is 2.58 bits per heavy atom. The zero-order valence-corrected chi connectivity index (χ0v) is 16.7. The predicted molar refractivity (Wildman–Crippen MR) is 116 cm³/mol. The van der Waals surface area contributed by atoms with Crippen molar-refractivity contribution in [1.82, 2.24) is 15.3 Å². The number of hydrogen-bond donors (Lipinski definition) is 4. The number of nitrogens with two attached hydrogens (primary N) is 1. The van der Waals surface area contributed by atoms with E-state index >= 15 is 0 Å². The smallest absolute Gasteiger partial charge is 0.326 e. The van der Waals surface area contributed by atoms with E-state index in [-0.39, 0.29) is 29.6 Å². The van der Waals surface area contributed by atoms with Gasteiger partial charge in [-0.05, 0) is 36.0 Å². The van der Waals surface area contributed by atoms with Crippen molar-refractivity contribution in [1.29, 1.82) is 0 Å². The summed E-state index contributed by atoms with van der Waals surface area (Å²) in [4.78, 5) is 53.0. The molecule has 0 saturated carbocycles. The lowest BCUT2D eigenvalue weighted by atomic mass is 9.83. The van der Waals surface area contributed by atoms with Crippen molar-refractivity contribution in [2.45, 2.75) is 31.7 Å². The number of aromatic amines is 2. The van der Waals surface area contributed by atoms with Gasteiger partial charge in [0.1, 0.15) is 11.4 Å². The van der Waals surface area contributed by atoms with E-state index < -0.39 is 17.2 Å². The van der Waals surface area contributed by atoms with Crippen LogP contribution in [0.4, 0.5) is 5.69 Å². The van der Waals surface area contributed by atoms with Crippen molar-refractivity contribution < 1.29 is 9.59 Å². The summed E-state index contributed by atoms with van der Waals surface area (Å²) in [7, 11) is 0. The van der Waals surface area contributed by atoms with Gasteiger partial charge in [-0.3, -0.25) is 19.4 Å². The molecule has 0 aliphatic heterocycles. The summed E-state index contributed by atoms with van der Waals surface area (Å²) in [6, 6.07) is 14.6. The van der Waals surface area contributed by atoms with Crippen LogP contribution in [-0.2, 0) is 12.8 Å². The molecule has 1 aliphatic rings. The number of aromatic nitrogens is 2. The molecule has 8 nitrogen and oxygen atoms in total. The highest BCUT2D eigenvalue weighted by molar-refractivity contribution is 5.98. The lowest BCUT2D eigenvalue weighted by Crippen LogP contribution is -2.36. The fourth-order valence-corrected chi connectivity index (χ4v) is 4.04. The molecule has 1 aliphatic carbocycles. The lowest BCUT2D eigenvalue weighted by molar-refractivity contribution is 0.0926. The summed E-state index contributed by atoms with van der Waals surface area (Å²) >= 11 is 0. The molecule has 5 N–H and O–H groups in total. The summed E-state index contributed by atoms with van der Waals surface area (Å²) in [6.07, 6.45) is 2.62. The van der Waals surface area contributed by atoms with Gasteiger partial charge in [-0.2, -0.15) is 0 Å². The van der Waals surface area contributed by atoms with Crippen LogP contribution in [0, 0.1) is 0 Å². The molecule has 0 radical (unpaired) electrons. The Balaban J connectivity index is 1.60. The summed E-state index contributed by atoms with van der Waals surface area (Å²) in [5.41, 5.74) is 7.07. The van der Waals surface area contributed by atoms with Gasteiger partial charge in [0.05, 0.1) is 6.04 Å². The third-order valence-corrected chi connectivity index (χ3v) is 5.56. The Hall–Kier alpha value is -3.94. The highest BCUT2D eigenvalue weighted by Crippen LogP contribution is 2.32. The average molecular weight is 418 g/mol. The Labute approximate surface area is 177 Å². The van der Waals surface area contributed by atoms with E-state index in [1.165, 1.54) is 0 Å². The molecule has 2 aromatic carbocycles. The second-order valence-electron chi connectivity index (χ2n) is 7.57. The molecule has 1 aromatic heterocycles. The molecule has 8 heteroatoms. The average Bonchev–Trinajstić information content (AvgIpc) is 2.77. The van der Waals surface area contributed by atoms with Crippen LogP contribution in [0.15, 0.2) is 58.1 Å². The van der Waals surface area contributed by atoms with Crippen molar-refractivity contribution >= 4 is 17.4 Å². The van der Waals surface area contributed by atoms with E-state index in [9.17, 15) is 19.2 Å². The van der Waals surface area contributed by atoms with Gasteiger partial charge in [0.2, 0.25) is 0 Å². The minimum absolute atomic E-state index is 0.0361. The Kier molecular flexibility index (Phi) is 5.53. The van der Waals surface area contributed by atoms with Crippen LogP contribution < -0.4 is 22.3 Å². The van der Waals surface area contributed by atoms with Crippen LogP contribution in [0.5, 0.6) is 0 Å². The summed E-state index contributed by atoms with van der Waals surface area (Å²) < 4.78 is 0. The van der Waals surface area contributed by atoms with E-state index in [0.29, 0.717) is 12.0 Å². The predicted octanol–water partition coefficient (Wildman–Crippen LogP) is 1.88. The molecule has 0 unspecified atom stereocenters. The first-order chi connectivity index (χ1) is 14.9. The van der Waals surface area contributed by atoms with Crippen LogP contribution in [0.1, 0.15) is 56.4 Å². The van der Waals surface area contributed by atoms with Gasteiger partial charge in [-0.25, -0.2) is 4.79 Å². The minimum atomic E-state index is -0.806. The molecule has 0 fully saturated rings. The van der Waals surface area contributed by atoms with Gasteiger partial charge in [0.25, 0.3) is 11.5 Å². The minimum Gasteiger partial charge on any atom is -0.392 e. The fraction of sp³-hybridized carbons (Fsp3) is 0.217. The van der Waals surface area contributed by atoms with Gasteiger partial charge in [0, 0.05) is 12.0 Å². The molecular weight excluding hydrogens is 396 g/mol. The first-order valence-electron chi connectivity index (χ1n) is 10.1. The van der Waals surface area contributed by atoms with Crippen LogP contribution in [0.3, 0.4) is 0 Å². The number of Topliss-reactive ketones (excluding diaryl/α,β-unsaturated/α-hetero) is 1. The number of H-pyrrole nitrogens is 2. The van der Waals surface area contributed by atoms with Crippen LogP contribution >= 0.6 is 0 Å².